The zero-order valence-electron chi connectivity index (χ0n) is 13.6. The van der Waals surface area contributed by atoms with Gasteiger partial charge in [-0.05, 0) is 49.6 Å². The van der Waals surface area contributed by atoms with Gasteiger partial charge in [-0.25, -0.2) is 0 Å². The molecule has 3 aromatic heterocycles. The number of hydrogen-bond donors (Lipinski definition) is 1. The van der Waals surface area contributed by atoms with Crippen molar-refractivity contribution in [3.05, 3.63) is 52.2 Å². The van der Waals surface area contributed by atoms with Crippen molar-refractivity contribution >= 4 is 5.52 Å². The van der Waals surface area contributed by atoms with Gasteiger partial charge in [0.05, 0.1) is 11.2 Å². The monoisotopic (exact) mass is 321 g/mol. The van der Waals surface area contributed by atoms with Gasteiger partial charge in [-0.15, -0.1) is 0 Å². The standard InChI is InChI=1S/C18H19N5O/c1-11-18(15-3-2-4-20-23(15)21-11)13-6-16-14-5-12(8-19-9-14)10-22(16)17(24)7-13/h2-4,6-7,12,14,19H,5,8-10H2,1H3/t12-,14+/m0/s1. The van der Waals surface area contributed by atoms with E-state index in [1.165, 1.54) is 6.42 Å². The van der Waals surface area contributed by atoms with Crippen LogP contribution < -0.4 is 10.9 Å². The molecule has 122 valence electrons. The van der Waals surface area contributed by atoms with E-state index < -0.39 is 0 Å². The van der Waals surface area contributed by atoms with E-state index in [1.807, 2.05) is 23.6 Å². The van der Waals surface area contributed by atoms with Crippen molar-refractivity contribution in [3.63, 3.8) is 0 Å². The van der Waals surface area contributed by atoms with E-state index in [0.717, 1.165) is 47.7 Å². The maximum atomic E-state index is 12.8. The van der Waals surface area contributed by atoms with Crippen molar-refractivity contribution in [2.24, 2.45) is 5.92 Å². The van der Waals surface area contributed by atoms with Crippen LogP contribution in [0.1, 0.15) is 23.7 Å². The molecule has 3 aromatic rings. The van der Waals surface area contributed by atoms with Gasteiger partial charge < -0.3 is 9.88 Å². The van der Waals surface area contributed by atoms with Gasteiger partial charge in [-0.1, -0.05) is 0 Å². The van der Waals surface area contributed by atoms with Gasteiger partial charge in [0, 0.05) is 42.5 Å². The molecule has 6 nitrogen and oxygen atoms in total. The molecule has 5 rings (SSSR count). The highest BCUT2D eigenvalue weighted by Crippen LogP contribution is 2.35. The van der Waals surface area contributed by atoms with Crippen molar-refractivity contribution in [2.45, 2.75) is 25.8 Å². The van der Waals surface area contributed by atoms with E-state index in [0.29, 0.717) is 11.8 Å². The minimum atomic E-state index is 0.0988. The van der Waals surface area contributed by atoms with Crippen molar-refractivity contribution in [1.29, 1.82) is 0 Å². The van der Waals surface area contributed by atoms with Crippen LogP contribution in [0.4, 0.5) is 0 Å². The van der Waals surface area contributed by atoms with Gasteiger partial charge in [0.2, 0.25) is 0 Å². The summed E-state index contributed by atoms with van der Waals surface area (Å²) >= 11 is 0. The lowest BCUT2D eigenvalue weighted by Crippen LogP contribution is -2.44. The third-order valence-electron chi connectivity index (χ3n) is 5.34. The third-order valence-corrected chi connectivity index (χ3v) is 5.34. The first-order valence-corrected chi connectivity index (χ1v) is 8.47. The molecule has 0 spiro atoms. The van der Waals surface area contributed by atoms with Gasteiger partial charge in [0.15, 0.2) is 0 Å². The van der Waals surface area contributed by atoms with E-state index in [1.54, 1.807) is 16.9 Å². The van der Waals surface area contributed by atoms with Crippen LogP contribution in [-0.4, -0.2) is 32.5 Å². The smallest absolute Gasteiger partial charge is 0.251 e. The molecule has 0 saturated carbocycles. The number of aromatic nitrogens is 4. The first-order chi connectivity index (χ1) is 11.7. The molecular formula is C18H19N5O. The lowest BCUT2D eigenvalue weighted by molar-refractivity contribution is 0.257. The molecule has 1 saturated heterocycles. The normalized spacial score (nSPS) is 22.5. The minimum Gasteiger partial charge on any atom is -0.316 e. The first-order valence-electron chi connectivity index (χ1n) is 8.47. The first kappa shape index (κ1) is 13.9. The number of pyridine rings is 1. The van der Waals surface area contributed by atoms with E-state index >= 15 is 0 Å². The maximum absolute atomic E-state index is 12.8. The van der Waals surface area contributed by atoms with Crippen LogP contribution in [0.15, 0.2) is 35.3 Å². The fourth-order valence-electron chi connectivity index (χ4n) is 4.31. The molecule has 1 N–H and O–H groups in total. The summed E-state index contributed by atoms with van der Waals surface area (Å²) in [5.74, 6) is 0.994. The molecular weight excluding hydrogens is 302 g/mol. The number of nitrogens with one attached hydrogen (secondary N) is 1. The molecule has 24 heavy (non-hydrogen) atoms. The molecule has 2 bridgehead atoms. The largest absolute Gasteiger partial charge is 0.316 e. The third kappa shape index (κ3) is 1.96. The average molecular weight is 321 g/mol. The number of nitrogens with zero attached hydrogens (tertiary/aromatic N) is 4. The number of hydrogen-bond acceptors (Lipinski definition) is 4. The molecule has 2 aliphatic heterocycles. The summed E-state index contributed by atoms with van der Waals surface area (Å²) < 4.78 is 3.61. The summed E-state index contributed by atoms with van der Waals surface area (Å²) in [4.78, 5) is 12.8. The van der Waals surface area contributed by atoms with Gasteiger partial charge in [-0.2, -0.15) is 14.8 Å². The molecule has 0 unspecified atom stereocenters. The summed E-state index contributed by atoms with van der Waals surface area (Å²) in [5.41, 5.74) is 5.05. The van der Waals surface area contributed by atoms with Gasteiger partial charge in [0.1, 0.15) is 0 Å². The fourth-order valence-corrected chi connectivity index (χ4v) is 4.31. The van der Waals surface area contributed by atoms with Crippen molar-refractivity contribution in [1.82, 2.24) is 24.7 Å². The van der Waals surface area contributed by atoms with Gasteiger partial charge in [0.25, 0.3) is 5.56 Å². The van der Waals surface area contributed by atoms with Crippen LogP contribution in [0.25, 0.3) is 16.6 Å². The second kappa shape index (κ2) is 5.01. The van der Waals surface area contributed by atoms with Crippen LogP contribution >= 0.6 is 0 Å². The Balaban J connectivity index is 1.74. The van der Waals surface area contributed by atoms with Crippen LogP contribution in [0, 0.1) is 12.8 Å². The zero-order chi connectivity index (χ0) is 16.3. The summed E-state index contributed by atoms with van der Waals surface area (Å²) in [6.07, 6.45) is 2.89. The fraction of sp³-hybridized carbons (Fsp3) is 0.389. The molecule has 6 heteroatoms. The molecule has 1 fully saturated rings. The molecule has 5 heterocycles. The average Bonchev–Trinajstić information content (AvgIpc) is 2.92. The van der Waals surface area contributed by atoms with Crippen LogP contribution in [0.3, 0.4) is 0 Å². The Hall–Kier alpha value is -2.47. The lowest BCUT2D eigenvalue weighted by atomic mass is 9.83. The number of aryl methyl sites for hydroxylation is 1. The highest BCUT2D eigenvalue weighted by Gasteiger charge is 2.31. The van der Waals surface area contributed by atoms with Crippen LogP contribution in [0.5, 0.6) is 0 Å². The summed E-state index contributed by atoms with van der Waals surface area (Å²) in [6, 6.07) is 7.85. The van der Waals surface area contributed by atoms with Crippen LogP contribution in [-0.2, 0) is 6.54 Å². The Morgan fingerprint density at radius 3 is 3.12 bits per heavy atom. The van der Waals surface area contributed by atoms with Crippen molar-refractivity contribution in [2.75, 3.05) is 13.1 Å². The molecule has 2 atom stereocenters. The summed E-state index contributed by atoms with van der Waals surface area (Å²) in [6.45, 7) is 4.77. The van der Waals surface area contributed by atoms with Gasteiger partial charge >= 0.3 is 0 Å². The Kier molecular flexibility index (Phi) is 2.91. The Morgan fingerprint density at radius 2 is 2.21 bits per heavy atom. The highest BCUT2D eigenvalue weighted by molar-refractivity contribution is 5.82. The number of rotatable bonds is 1. The molecule has 0 aromatic carbocycles. The number of piperidine rings is 1. The predicted octanol–water partition coefficient (Wildman–Crippen LogP) is 1.57. The van der Waals surface area contributed by atoms with Crippen LogP contribution in [0.2, 0.25) is 0 Å². The van der Waals surface area contributed by atoms with Crippen molar-refractivity contribution in [3.8, 4) is 11.1 Å². The number of fused-ring (bicyclic) bond motifs is 5. The second-order valence-corrected chi connectivity index (χ2v) is 6.93. The maximum Gasteiger partial charge on any atom is 0.251 e. The van der Waals surface area contributed by atoms with E-state index in [2.05, 4.69) is 21.6 Å². The predicted molar refractivity (Wildman–Crippen MR) is 91.1 cm³/mol. The highest BCUT2D eigenvalue weighted by atomic mass is 16.1. The quantitative estimate of drug-likeness (QED) is 0.739. The Morgan fingerprint density at radius 1 is 1.29 bits per heavy atom. The topological polar surface area (TPSA) is 64.2 Å². The minimum absolute atomic E-state index is 0.0988. The van der Waals surface area contributed by atoms with Gasteiger partial charge in [-0.3, -0.25) is 4.79 Å². The second-order valence-electron chi connectivity index (χ2n) is 6.93. The SMILES string of the molecule is Cc1nn2ncccc2c1-c1cc2n(c(=O)c1)C[C@@H]1CNC[C@H]2C1. The van der Waals surface area contributed by atoms with E-state index in [-0.39, 0.29) is 5.56 Å². The summed E-state index contributed by atoms with van der Waals surface area (Å²) in [7, 11) is 0. The molecule has 0 amide bonds. The van der Waals surface area contributed by atoms with E-state index in [9.17, 15) is 4.79 Å². The molecule has 2 aliphatic rings. The Labute approximate surface area is 139 Å². The molecule has 0 radical (unpaired) electrons. The Bertz CT molecular complexity index is 1000. The lowest BCUT2D eigenvalue weighted by Gasteiger charge is -2.37. The summed E-state index contributed by atoms with van der Waals surface area (Å²) in [5, 5.41) is 12.2. The van der Waals surface area contributed by atoms with E-state index in [4.69, 9.17) is 0 Å². The van der Waals surface area contributed by atoms with Crippen molar-refractivity contribution < 1.29 is 0 Å². The molecule has 0 aliphatic carbocycles. The zero-order valence-corrected chi connectivity index (χ0v) is 13.6.